The minimum absolute atomic E-state index is 0.463. The summed E-state index contributed by atoms with van der Waals surface area (Å²) in [5.74, 6) is 0. The Bertz CT molecular complexity index is 559. The van der Waals surface area contributed by atoms with Crippen LogP contribution >= 0.6 is 34.5 Å². The predicted molar refractivity (Wildman–Crippen MR) is 84.3 cm³/mol. The van der Waals surface area contributed by atoms with Gasteiger partial charge >= 0.3 is 0 Å². The fourth-order valence-corrected chi connectivity index (χ4v) is 3.22. The first-order chi connectivity index (χ1) is 8.95. The molecule has 1 aromatic carbocycles. The van der Waals surface area contributed by atoms with Crippen molar-refractivity contribution in [3.63, 3.8) is 0 Å². The van der Waals surface area contributed by atoms with Gasteiger partial charge in [-0.3, -0.25) is 0 Å². The number of benzene rings is 1. The first kappa shape index (κ1) is 14.8. The van der Waals surface area contributed by atoms with Gasteiger partial charge in [0.2, 0.25) is 0 Å². The predicted octanol–water partition coefficient (Wildman–Crippen LogP) is 4.92. The molecule has 2 aromatic rings. The van der Waals surface area contributed by atoms with E-state index in [0.29, 0.717) is 16.1 Å². The summed E-state index contributed by atoms with van der Waals surface area (Å²) in [6.45, 7) is 7.14. The normalized spacial score (nSPS) is 11.3. The van der Waals surface area contributed by atoms with Gasteiger partial charge in [-0.25, -0.2) is 4.98 Å². The van der Waals surface area contributed by atoms with E-state index in [0.717, 1.165) is 22.8 Å². The molecule has 0 aliphatic rings. The van der Waals surface area contributed by atoms with Gasteiger partial charge in [-0.05, 0) is 25.1 Å². The second-order valence-corrected chi connectivity index (χ2v) is 6.68. The lowest BCUT2D eigenvalue weighted by atomic mass is 10.2. The van der Waals surface area contributed by atoms with E-state index in [1.54, 1.807) is 17.4 Å². The molecule has 0 saturated carbocycles. The van der Waals surface area contributed by atoms with Gasteiger partial charge in [0.15, 0.2) is 0 Å². The van der Waals surface area contributed by atoms with E-state index < -0.39 is 0 Å². The van der Waals surface area contributed by atoms with Gasteiger partial charge < -0.3 is 5.32 Å². The Morgan fingerprint density at radius 1 is 1.21 bits per heavy atom. The lowest BCUT2D eigenvalue weighted by Crippen LogP contribution is -2.21. The molecule has 102 valence electrons. The van der Waals surface area contributed by atoms with Crippen LogP contribution in [-0.2, 0) is 6.54 Å². The van der Waals surface area contributed by atoms with Crippen molar-refractivity contribution in [3.05, 3.63) is 38.8 Å². The van der Waals surface area contributed by atoms with Crippen molar-refractivity contribution in [1.82, 2.24) is 10.3 Å². The van der Waals surface area contributed by atoms with E-state index >= 15 is 0 Å². The van der Waals surface area contributed by atoms with E-state index in [4.69, 9.17) is 23.2 Å². The van der Waals surface area contributed by atoms with Gasteiger partial charge in [-0.2, -0.15) is 0 Å². The highest BCUT2D eigenvalue weighted by Crippen LogP contribution is 2.31. The summed E-state index contributed by atoms with van der Waals surface area (Å²) in [6.07, 6.45) is 0. The van der Waals surface area contributed by atoms with Crippen molar-refractivity contribution in [2.75, 3.05) is 0 Å². The first-order valence-corrected chi connectivity index (χ1v) is 7.69. The van der Waals surface area contributed by atoms with E-state index in [2.05, 4.69) is 24.1 Å². The Morgan fingerprint density at radius 3 is 2.42 bits per heavy atom. The summed E-state index contributed by atoms with van der Waals surface area (Å²) in [7, 11) is 0. The molecule has 0 saturated heterocycles. The van der Waals surface area contributed by atoms with Crippen LogP contribution in [0.5, 0.6) is 0 Å². The zero-order valence-electron chi connectivity index (χ0n) is 11.1. The molecule has 0 unspecified atom stereocenters. The van der Waals surface area contributed by atoms with Crippen molar-refractivity contribution in [1.29, 1.82) is 0 Å². The van der Waals surface area contributed by atoms with Crippen LogP contribution in [0.15, 0.2) is 18.2 Å². The Labute approximate surface area is 127 Å². The molecule has 0 spiro atoms. The van der Waals surface area contributed by atoms with Crippen LogP contribution in [0.1, 0.15) is 24.4 Å². The number of thiazole rings is 1. The number of aryl methyl sites for hydroxylation is 1. The largest absolute Gasteiger partial charge is 0.310 e. The van der Waals surface area contributed by atoms with E-state index in [9.17, 15) is 0 Å². The molecule has 5 heteroatoms. The molecular weight excluding hydrogens is 299 g/mol. The number of aromatic nitrogens is 1. The van der Waals surface area contributed by atoms with Gasteiger partial charge in [0.1, 0.15) is 5.01 Å². The van der Waals surface area contributed by atoms with Crippen LogP contribution in [0.3, 0.4) is 0 Å². The summed E-state index contributed by atoms with van der Waals surface area (Å²) in [5, 5.41) is 5.64. The van der Waals surface area contributed by atoms with E-state index in [1.807, 2.05) is 19.1 Å². The molecule has 19 heavy (non-hydrogen) atoms. The van der Waals surface area contributed by atoms with Gasteiger partial charge in [0.05, 0.1) is 5.69 Å². The number of hydrogen-bond donors (Lipinski definition) is 1. The third-order valence-electron chi connectivity index (χ3n) is 2.67. The average molecular weight is 315 g/mol. The minimum Gasteiger partial charge on any atom is -0.310 e. The molecule has 0 aliphatic heterocycles. The Kier molecular flexibility index (Phi) is 4.85. The Balaban J connectivity index is 2.28. The summed E-state index contributed by atoms with van der Waals surface area (Å²) < 4.78 is 0. The zero-order valence-corrected chi connectivity index (χ0v) is 13.5. The molecule has 0 radical (unpaired) electrons. The fourth-order valence-electron chi connectivity index (χ4n) is 1.69. The van der Waals surface area contributed by atoms with E-state index in [1.165, 1.54) is 4.88 Å². The topological polar surface area (TPSA) is 24.9 Å². The molecule has 0 amide bonds. The standard InChI is InChI=1S/C14H16Cl2N2S/c1-8(2)17-7-13-9(3)18-14(19-13)10-4-11(15)6-12(16)5-10/h4-6,8,17H,7H2,1-3H3. The average Bonchev–Trinajstić information content (AvgIpc) is 2.67. The maximum absolute atomic E-state index is 6.03. The molecule has 1 N–H and O–H groups in total. The SMILES string of the molecule is Cc1nc(-c2cc(Cl)cc(Cl)c2)sc1CNC(C)C. The third-order valence-corrected chi connectivity index (χ3v) is 4.32. The fraction of sp³-hybridized carbons (Fsp3) is 0.357. The van der Waals surface area contributed by atoms with Crippen molar-refractivity contribution >= 4 is 34.5 Å². The molecule has 0 atom stereocenters. The highest BCUT2D eigenvalue weighted by molar-refractivity contribution is 7.15. The molecule has 1 heterocycles. The second kappa shape index (κ2) is 6.23. The monoisotopic (exact) mass is 314 g/mol. The minimum atomic E-state index is 0.463. The number of halogens is 2. The summed E-state index contributed by atoms with van der Waals surface area (Å²) in [4.78, 5) is 5.85. The molecule has 0 aliphatic carbocycles. The van der Waals surface area contributed by atoms with Crippen molar-refractivity contribution in [2.24, 2.45) is 0 Å². The van der Waals surface area contributed by atoms with Gasteiger partial charge in [0, 0.05) is 33.1 Å². The molecular formula is C14H16Cl2N2S. The molecule has 0 fully saturated rings. The summed E-state index contributed by atoms with van der Waals surface area (Å²) >= 11 is 13.7. The first-order valence-electron chi connectivity index (χ1n) is 6.12. The van der Waals surface area contributed by atoms with Gasteiger partial charge in [0.25, 0.3) is 0 Å². The Hall–Kier alpha value is -0.610. The summed E-state index contributed by atoms with van der Waals surface area (Å²) in [5.41, 5.74) is 2.03. The number of hydrogen-bond acceptors (Lipinski definition) is 3. The number of nitrogens with zero attached hydrogens (tertiary/aromatic N) is 1. The highest BCUT2D eigenvalue weighted by atomic mass is 35.5. The smallest absolute Gasteiger partial charge is 0.124 e. The van der Waals surface area contributed by atoms with E-state index in [-0.39, 0.29) is 0 Å². The van der Waals surface area contributed by atoms with Gasteiger partial charge in [-0.15, -0.1) is 11.3 Å². The lowest BCUT2D eigenvalue weighted by Gasteiger charge is -2.05. The molecule has 1 aromatic heterocycles. The lowest BCUT2D eigenvalue weighted by molar-refractivity contribution is 0.591. The summed E-state index contributed by atoms with van der Waals surface area (Å²) in [6, 6.07) is 5.98. The molecule has 2 rings (SSSR count). The van der Waals surface area contributed by atoms with Crippen molar-refractivity contribution < 1.29 is 0 Å². The van der Waals surface area contributed by atoms with Crippen LogP contribution in [-0.4, -0.2) is 11.0 Å². The van der Waals surface area contributed by atoms with Crippen LogP contribution in [0.4, 0.5) is 0 Å². The van der Waals surface area contributed by atoms with Crippen LogP contribution < -0.4 is 5.32 Å². The molecule has 2 nitrogen and oxygen atoms in total. The van der Waals surface area contributed by atoms with Gasteiger partial charge in [-0.1, -0.05) is 37.0 Å². The Morgan fingerprint density at radius 2 is 1.84 bits per heavy atom. The highest BCUT2D eigenvalue weighted by Gasteiger charge is 2.11. The van der Waals surface area contributed by atoms with Crippen molar-refractivity contribution in [2.45, 2.75) is 33.4 Å². The third kappa shape index (κ3) is 3.93. The molecule has 0 bridgehead atoms. The van der Waals surface area contributed by atoms with Crippen LogP contribution in [0, 0.1) is 6.92 Å². The number of rotatable bonds is 4. The van der Waals surface area contributed by atoms with Crippen LogP contribution in [0.2, 0.25) is 10.0 Å². The quantitative estimate of drug-likeness (QED) is 0.866. The number of nitrogens with one attached hydrogen (secondary N) is 1. The second-order valence-electron chi connectivity index (χ2n) is 4.72. The maximum atomic E-state index is 6.03. The van der Waals surface area contributed by atoms with Crippen LogP contribution in [0.25, 0.3) is 10.6 Å². The zero-order chi connectivity index (χ0) is 14.0. The van der Waals surface area contributed by atoms with Crippen molar-refractivity contribution in [3.8, 4) is 10.6 Å². The maximum Gasteiger partial charge on any atom is 0.124 e.